The summed E-state index contributed by atoms with van der Waals surface area (Å²) in [6.45, 7) is 1.34. The number of hydrogen-bond donors (Lipinski definition) is 2. The van der Waals surface area contributed by atoms with Crippen LogP contribution in [0.15, 0.2) is 65.1 Å². The molecule has 3 aromatic carbocycles. The molecule has 0 saturated heterocycles. The van der Waals surface area contributed by atoms with Crippen molar-refractivity contribution in [3.05, 3.63) is 75.7 Å². The molecule has 0 aliphatic heterocycles. The van der Waals surface area contributed by atoms with Crippen molar-refractivity contribution in [1.82, 2.24) is 0 Å². The molecule has 194 valence electrons. The van der Waals surface area contributed by atoms with Gasteiger partial charge in [-0.1, -0.05) is 23.7 Å². The van der Waals surface area contributed by atoms with Gasteiger partial charge in [0, 0.05) is 28.7 Å². The summed E-state index contributed by atoms with van der Waals surface area (Å²) in [5, 5.41) is 5.92. The quantitative estimate of drug-likeness (QED) is 0.248. The lowest BCUT2D eigenvalue weighted by Crippen LogP contribution is -2.21. The van der Waals surface area contributed by atoms with E-state index in [1.807, 2.05) is 12.1 Å². The minimum atomic E-state index is -0.564. The molecule has 0 aliphatic carbocycles. The van der Waals surface area contributed by atoms with E-state index in [0.29, 0.717) is 39.2 Å². The van der Waals surface area contributed by atoms with E-state index >= 15 is 0 Å². The van der Waals surface area contributed by atoms with E-state index < -0.39 is 18.5 Å². The number of rotatable bonds is 11. The van der Waals surface area contributed by atoms with E-state index in [-0.39, 0.29) is 25.2 Å². The summed E-state index contributed by atoms with van der Waals surface area (Å²) in [7, 11) is 1.57. The van der Waals surface area contributed by atoms with E-state index in [2.05, 4.69) is 26.6 Å². The molecule has 0 heterocycles. The number of benzene rings is 3. The molecular formula is C27H26BrClN2O6. The third kappa shape index (κ3) is 8.51. The Hall–Kier alpha value is -3.56. The molecule has 10 heteroatoms. The smallest absolute Gasteiger partial charge is 0.306 e. The third-order valence-corrected chi connectivity index (χ3v) is 6.57. The van der Waals surface area contributed by atoms with Crippen LogP contribution >= 0.6 is 27.5 Å². The molecule has 0 atom stereocenters. The van der Waals surface area contributed by atoms with Crippen molar-refractivity contribution in [1.29, 1.82) is 0 Å². The van der Waals surface area contributed by atoms with Gasteiger partial charge in [-0.25, -0.2) is 0 Å². The van der Waals surface area contributed by atoms with E-state index in [1.165, 1.54) is 0 Å². The second kappa shape index (κ2) is 13.7. The molecule has 0 fully saturated rings. The Morgan fingerprint density at radius 1 is 0.892 bits per heavy atom. The van der Waals surface area contributed by atoms with Gasteiger partial charge in [0.2, 0.25) is 5.91 Å². The van der Waals surface area contributed by atoms with Gasteiger partial charge in [-0.2, -0.15) is 0 Å². The number of para-hydroxylation sites is 2. The first-order valence-corrected chi connectivity index (χ1v) is 12.5. The van der Waals surface area contributed by atoms with E-state index in [4.69, 9.17) is 25.8 Å². The van der Waals surface area contributed by atoms with E-state index in [9.17, 15) is 14.4 Å². The molecule has 0 bridgehead atoms. The molecule has 0 unspecified atom stereocenters. The summed E-state index contributed by atoms with van der Waals surface area (Å²) < 4.78 is 16.8. The minimum absolute atomic E-state index is 0.00945. The molecule has 0 aliphatic rings. The summed E-state index contributed by atoms with van der Waals surface area (Å²) in [6, 6.07) is 17.6. The van der Waals surface area contributed by atoms with Crippen molar-refractivity contribution in [2.45, 2.75) is 26.2 Å². The van der Waals surface area contributed by atoms with Crippen LogP contribution in [0.4, 0.5) is 11.4 Å². The van der Waals surface area contributed by atoms with Gasteiger partial charge in [0.1, 0.15) is 5.75 Å². The third-order valence-electron chi connectivity index (χ3n) is 5.20. The molecule has 2 amide bonds. The summed E-state index contributed by atoms with van der Waals surface area (Å²) in [4.78, 5) is 36.3. The van der Waals surface area contributed by atoms with Crippen molar-refractivity contribution in [2.24, 2.45) is 0 Å². The number of anilines is 2. The average Bonchev–Trinajstić information content (AvgIpc) is 2.89. The standard InChI is InChI=1S/C27H26BrClN2O6/c1-17-21(15-14-20(28)27(17)29)31-25(33)16-36-26(34)9-5-8-24(32)30-18-10-12-19(13-11-18)37-23-7-4-3-6-22(23)35-2/h3-4,6-7,10-15H,5,8-9,16H2,1-2H3,(H,30,32)(H,31,33). The predicted molar refractivity (Wildman–Crippen MR) is 145 cm³/mol. The van der Waals surface area contributed by atoms with Crippen LogP contribution in [0.1, 0.15) is 24.8 Å². The molecule has 8 nitrogen and oxygen atoms in total. The molecular weight excluding hydrogens is 564 g/mol. The van der Waals surface area contributed by atoms with Crippen LogP contribution in [0.5, 0.6) is 17.2 Å². The highest BCUT2D eigenvalue weighted by atomic mass is 79.9. The van der Waals surface area contributed by atoms with Crippen molar-refractivity contribution in [3.8, 4) is 17.2 Å². The first-order chi connectivity index (χ1) is 17.8. The first kappa shape index (κ1) is 28.0. The largest absolute Gasteiger partial charge is 0.493 e. The lowest BCUT2D eigenvalue weighted by atomic mass is 10.2. The maximum Gasteiger partial charge on any atom is 0.306 e. The van der Waals surface area contributed by atoms with E-state index in [1.54, 1.807) is 62.6 Å². The van der Waals surface area contributed by atoms with Gasteiger partial charge in [0.15, 0.2) is 18.1 Å². The molecule has 0 spiro atoms. The molecule has 3 aromatic rings. The fourth-order valence-electron chi connectivity index (χ4n) is 3.25. The maximum atomic E-state index is 12.2. The summed E-state index contributed by atoms with van der Waals surface area (Å²) >= 11 is 9.46. The zero-order valence-electron chi connectivity index (χ0n) is 20.3. The SMILES string of the molecule is COc1ccccc1Oc1ccc(NC(=O)CCCC(=O)OCC(=O)Nc2ccc(Br)c(Cl)c2C)cc1. The number of carbonyl (C=O) groups is 3. The molecule has 0 saturated carbocycles. The van der Waals surface area contributed by atoms with Gasteiger partial charge >= 0.3 is 5.97 Å². The fourth-order valence-corrected chi connectivity index (χ4v) is 3.84. The Labute approximate surface area is 228 Å². The van der Waals surface area contributed by atoms with Crippen LogP contribution in [-0.2, 0) is 19.1 Å². The van der Waals surface area contributed by atoms with Crippen molar-refractivity contribution >= 4 is 56.7 Å². The van der Waals surface area contributed by atoms with Gasteiger partial charge in [0.05, 0.1) is 12.1 Å². The fraction of sp³-hybridized carbons (Fsp3) is 0.222. The lowest BCUT2D eigenvalue weighted by Gasteiger charge is -2.11. The van der Waals surface area contributed by atoms with Gasteiger partial charge in [-0.15, -0.1) is 0 Å². The Balaban J connectivity index is 1.36. The van der Waals surface area contributed by atoms with Crippen molar-refractivity contribution < 1.29 is 28.6 Å². The Morgan fingerprint density at radius 2 is 1.59 bits per heavy atom. The van der Waals surface area contributed by atoms with E-state index in [0.717, 1.165) is 4.47 Å². The maximum absolute atomic E-state index is 12.2. The predicted octanol–water partition coefficient (Wildman–Crippen LogP) is 6.50. The zero-order valence-corrected chi connectivity index (χ0v) is 22.6. The number of carbonyl (C=O) groups excluding carboxylic acids is 3. The number of nitrogens with one attached hydrogen (secondary N) is 2. The van der Waals surface area contributed by atoms with Gasteiger partial charge < -0.3 is 24.8 Å². The number of amides is 2. The Morgan fingerprint density at radius 3 is 2.30 bits per heavy atom. The number of ether oxygens (including phenoxy) is 3. The highest BCUT2D eigenvalue weighted by molar-refractivity contribution is 9.10. The van der Waals surface area contributed by atoms with Gasteiger partial charge in [-0.3, -0.25) is 14.4 Å². The number of esters is 1. The van der Waals surface area contributed by atoms with Crippen LogP contribution in [0.3, 0.4) is 0 Å². The van der Waals surface area contributed by atoms with Crippen LogP contribution in [0.2, 0.25) is 5.02 Å². The second-order valence-corrected chi connectivity index (χ2v) is 9.15. The van der Waals surface area contributed by atoms with Gasteiger partial charge in [-0.05, 0) is 83.4 Å². The van der Waals surface area contributed by atoms with Crippen LogP contribution < -0.4 is 20.1 Å². The van der Waals surface area contributed by atoms with Crippen LogP contribution in [0.25, 0.3) is 0 Å². The minimum Gasteiger partial charge on any atom is -0.493 e. The highest BCUT2D eigenvalue weighted by Crippen LogP contribution is 2.32. The molecule has 37 heavy (non-hydrogen) atoms. The zero-order chi connectivity index (χ0) is 26.8. The topological polar surface area (TPSA) is 103 Å². The molecule has 3 rings (SSSR count). The Kier molecular flexibility index (Phi) is 10.3. The van der Waals surface area contributed by atoms with Crippen molar-refractivity contribution in [3.63, 3.8) is 0 Å². The summed E-state index contributed by atoms with van der Waals surface area (Å²) in [5.41, 5.74) is 1.82. The van der Waals surface area contributed by atoms with Crippen LogP contribution in [0, 0.1) is 6.92 Å². The van der Waals surface area contributed by atoms with Crippen molar-refractivity contribution in [2.75, 3.05) is 24.4 Å². The molecule has 0 aromatic heterocycles. The normalized spacial score (nSPS) is 10.4. The number of halogens is 2. The average molecular weight is 590 g/mol. The number of methoxy groups -OCH3 is 1. The summed E-state index contributed by atoms with van der Waals surface area (Å²) in [6.07, 6.45) is 0.412. The highest BCUT2D eigenvalue weighted by Gasteiger charge is 2.13. The molecule has 2 N–H and O–H groups in total. The second-order valence-electron chi connectivity index (χ2n) is 7.92. The first-order valence-electron chi connectivity index (χ1n) is 11.4. The van der Waals surface area contributed by atoms with Gasteiger partial charge in [0.25, 0.3) is 5.91 Å². The number of hydrogen-bond acceptors (Lipinski definition) is 6. The monoisotopic (exact) mass is 588 g/mol. The molecule has 0 radical (unpaired) electrons. The Bertz CT molecular complexity index is 1270. The summed E-state index contributed by atoms with van der Waals surface area (Å²) in [5.74, 6) is 0.499. The van der Waals surface area contributed by atoms with Crippen LogP contribution in [-0.4, -0.2) is 31.5 Å². The lowest BCUT2D eigenvalue weighted by molar-refractivity contribution is -0.147.